The SMILES string of the molecule is CCC(=O)N(C)c1ccc(-c2ncc(C(=O)NCc3ccc(Cl)nc3)o2)cc1. The van der Waals surface area contributed by atoms with E-state index >= 15 is 0 Å². The van der Waals surface area contributed by atoms with Crippen LogP contribution in [0.1, 0.15) is 29.5 Å². The van der Waals surface area contributed by atoms with Gasteiger partial charge in [-0.3, -0.25) is 9.59 Å². The van der Waals surface area contributed by atoms with Gasteiger partial charge in [0.15, 0.2) is 0 Å². The molecule has 7 nitrogen and oxygen atoms in total. The number of amides is 2. The van der Waals surface area contributed by atoms with E-state index in [0.29, 0.717) is 29.6 Å². The first-order chi connectivity index (χ1) is 13.5. The Balaban J connectivity index is 1.65. The van der Waals surface area contributed by atoms with Gasteiger partial charge in [0.05, 0.1) is 6.20 Å². The van der Waals surface area contributed by atoms with Crippen LogP contribution in [0.3, 0.4) is 0 Å². The van der Waals surface area contributed by atoms with Crippen LogP contribution >= 0.6 is 11.6 Å². The molecule has 2 heterocycles. The molecule has 0 atom stereocenters. The molecule has 144 valence electrons. The minimum atomic E-state index is -0.376. The quantitative estimate of drug-likeness (QED) is 0.639. The van der Waals surface area contributed by atoms with Gasteiger partial charge >= 0.3 is 0 Å². The normalized spacial score (nSPS) is 10.5. The van der Waals surface area contributed by atoms with Crippen molar-refractivity contribution < 1.29 is 14.0 Å². The van der Waals surface area contributed by atoms with Crippen molar-refractivity contribution in [3.05, 3.63) is 65.3 Å². The Labute approximate surface area is 167 Å². The van der Waals surface area contributed by atoms with Crippen molar-refractivity contribution in [2.24, 2.45) is 0 Å². The molecule has 0 saturated heterocycles. The second-order valence-corrected chi connectivity index (χ2v) is 6.44. The van der Waals surface area contributed by atoms with E-state index in [2.05, 4.69) is 15.3 Å². The minimum Gasteiger partial charge on any atom is -0.431 e. The molecule has 2 amide bonds. The monoisotopic (exact) mass is 398 g/mol. The molecule has 0 spiro atoms. The lowest BCUT2D eigenvalue weighted by molar-refractivity contribution is -0.118. The van der Waals surface area contributed by atoms with E-state index in [1.807, 2.05) is 6.92 Å². The lowest BCUT2D eigenvalue weighted by Crippen LogP contribution is -2.24. The zero-order valence-electron chi connectivity index (χ0n) is 15.5. The second-order valence-electron chi connectivity index (χ2n) is 6.05. The molecule has 0 aliphatic heterocycles. The molecular weight excluding hydrogens is 380 g/mol. The first kappa shape index (κ1) is 19.6. The van der Waals surface area contributed by atoms with Crippen molar-refractivity contribution >= 4 is 29.1 Å². The number of halogens is 1. The number of nitrogens with one attached hydrogen (secondary N) is 1. The molecule has 2 aromatic heterocycles. The predicted octanol–water partition coefficient (Wildman–Crippen LogP) is 3.69. The predicted molar refractivity (Wildman–Crippen MR) is 106 cm³/mol. The number of carbonyl (C=O) groups excluding carboxylic acids is 2. The maximum atomic E-state index is 12.2. The molecule has 28 heavy (non-hydrogen) atoms. The lowest BCUT2D eigenvalue weighted by atomic mass is 10.2. The van der Waals surface area contributed by atoms with Crippen molar-refractivity contribution in [1.29, 1.82) is 0 Å². The number of hydrogen-bond donors (Lipinski definition) is 1. The van der Waals surface area contributed by atoms with Crippen molar-refractivity contribution in [3.63, 3.8) is 0 Å². The van der Waals surface area contributed by atoms with Gasteiger partial charge in [0.2, 0.25) is 17.6 Å². The molecular formula is C20H19ClN4O3. The average molecular weight is 399 g/mol. The highest BCUT2D eigenvalue weighted by atomic mass is 35.5. The fraction of sp³-hybridized carbons (Fsp3) is 0.200. The number of oxazole rings is 1. The highest BCUT2D eigenvalue weighted by molar-refractivity contribution is 6.29. The summed E-state index contributed by atoms with van der Waals surface area (Å²) in [5.41, 5.74) is 2.30. The van der Waals surface area contributed by atoms with E-state index in [1.165, 1.54) is 6.20 Å². The number of aromatic nitrogens is 2. The molecule has 1 N–H and O–H groups in total. The van der Waals surface area contributed by atoms with Crippen molar-refractivity contribution in [2.75, 3.05) is 11.9 Å². The molecule has 0 aliphatic rings. The van der Waals surface area contributed by atoms with E-state index in [-0.39, 0.29) is 17.6 Å². The average Bonchev–Trinajstić information content (AvgIpc) is 3.22. The van der Waals surface area contributed by atoms with E-state index in [1.54, 1.807) is 54.5 Å². The van der Waals surface area contributed by atoms with E-state index in [9.17, 15) is 9.59 Å². The van der Waals surface area contributed by atoms with Gasteiger partial charge in [-0.2, -0.15) is 0 Å². The molecule has 0 unspecified atom stereocenters. The molecule has 3 aromatic rings. The Hall–Kier alpha value is -3.19. The molecule has 3 rings (SSSR count). The third-order valence-corrected chi connectivity index (χ3v) is 4.37. The van der Waals surface area contributed by atoms with Crippen LogP contribution < -0.4 is 10.2 Å². The summed E-state index contributed by atoms with van der Waals surface area (Å²) < 4.78 is 5.57. The van der Waals surface area contributed by atoms with Gasteiger partial charge in [-0.25, -0.2) is 9.97 Å². The van der Waals surface area contributed by atoms with Gasteiger partial charge in [0.25, 0.3) is 5.91 Å². The number of nitrogens with zero attached hydrogens (tertiary/aromatic N) is 3. The number of rotatable bonds is 6. The summed E-state index contributed by atoms with van der Waals surface area (Å²) in [4.78, 5) is 33.7. The molecule has 8 heteroatoms. The Morgan fingerprint density at radius 3 is 2.50 bits per heavy atom. The van der Waals surface area contributed by atoms with Crippen LogP contribution in [-0.2, 0) is 11.3 Å². The van der Waals surface area contributed by atoms with Crippen molar-refractivity contribution in [2.45, 2.75) is 19.9 Å². The Morgan fingerprint density at radius 1 is 1.11 bits per heavy atom. The number of carbonyl (C=O) groups is 2. The zero-order valence-corrected chi connectivity index (χ0v) is 16.2. The molecule has 0 radical (unpaired) electrons. The molecule has 0 bridgehead atoms. The number of anilines is 1. The zero-order chi connectivity index (χ0) is 20.1. The fourth-order valence-electron chi connectivity index (χ4n) is 2.50. The maximum Gasteiger partial charge on any atom is 0.288 e. The molecule has 0 fully saturated rings. The van der Waals surface area contributed by atoms with E-state index in [4.69, 9.17) is 16.0 Å². The van der Waals surface area contributed by atoms with Crippen LogP contribution in [0.2, 0.25) is 5.15 Å². The third kappa shape index (κ3) is 4.55. The van der Waals surface area contributed by atoms with Crippen LogP contribution in [0.25, 0.3) is 11.5 Å². The summed E-state index contributed by atoms with van der Waals surface area (Å²) in [5, 5.41) is 3.14. The lowest BCUT2D eigenvalue weighted by Gasteiger charge is -2.16. The Morgan fingerprint density at radius 2 is 1.86 bits per heavy atom. The van der Waals surface area contributed by atoms with E-state index in [0.717, 1.165) is 11.3 Å². The largest absolute Gasteiger partial charge is 0.431 e. The standard InChI is InChI=1S/C20H19ClN4O3/c1-3-18(26)25(2)15-7-5-14(6-8-15)20-24-12-16(28-20)19(27)23-11-13-4-9-17(21)22-10-13/h4-10,12H,3,11H2,1-2H3,(H,23,27). The summed E-state index contributed by atoms with van der Waals surface area (Å²) in [6, 6.07) is 10.6. The first-order valence-corrected chi connectivity index (χ1v) is 9.07. The van der Waals surface area contributed by atoms with Gasteiger partial charge in [0.1, 0.15) is 5.15 Å². The van der Waals surface area contributed by atoms with Gasteiger partial charge in [-0.1, -0.05) is 24.6 Å². The first-order valence-electron chi connectivity index (χ1n) is 8.69. The highest BCUT2D eigenvalue weighted by Gasteiger charge is 2.14. The minimum absolute atomic E-state index is 0.0266. The van der Waals surface area contributed by atoms with Crippen LogP contribution in [0, 0.1) is 0 Å². The third-order valence-electron chi connectivity index (χ3n) is 4.15. The number of benzene rings is 1. The van der Waals surface area contributed by atoms with Crippen LogP contribution in [0.15, 0.2) is 53.2 Å². The van der Waals surface area contributed by atoms with Gasteiger partial charge in [0, 0.05) is 37.5 Å². The maximum absolute atomic E-state index is 12.2. The van der Waals surface area contributed by atoms with Gasteiger partial charge in [-0.05, 0) is 35.9 Å². The van der Waals surface area contributed by atoms with Crippen LogP contribution in [-0.4, -0.2) is 28.8 Å². The summed E-state index contributed by atoms with van der Waals surface area (Å²) in [6.07, 6.45) is 3.41. The van der Waals surface area contributed by atoms with Crippen LogP contribution in [0.5, 0.6) is 0 Å². The molecule has 0 saturated carbocycles. The topological polar surface area (TPSA) is 88.3 Å². The van der Waals surface area contributed by atoms with Crippen molar-refractivity contribution in [1.82, 2.24) is 15.3 Å². The van der Waals surface area contributed by atoms with Gasteiger partial charge < -0.3 is 14.6 Å². The van der Waals surface area contributed by atoms with E-state index < -0.39 is 0 Å². The second kappa shape index (κ2) is 8.67. The summed E-state index contributed by atoms with van der Waals surface area (Å²) in [7, 11) is 1.73. The summed E-state index contributed by atoms with van der Waals surface area (Å²) in [5.74, 6) is 0.0888. The Bertz CT molecular complexity index is 968. The summed E-state index contributed by atoms with van der Waals surface area (Å²) in [6.45, 7) is 2.11. The highest BCUT2D eigenvalue weighted by Crippen LogP contribution is 2.23. The van der Waals surface area contributed by atoms with Gasteiger partial charge in [-0.15, -0.1) is 0 Å². The Kier molecular flexibility index (Phi) is 6.06. The summed E-state index contributed by atoms with van der Waals surface area (Å²) >= 11 is 5.74. The number of hydrogen-bond acceptors (Lipinski definition) is 5. The number of pyridine rings is 1. The smallest absolute Gasteiger partial charge is 0.288 e. The molecule has 1 aromatic carbocycles. The van der Waals surface area contributed by atoms with Crippen molar-refractivity contribution in [3.8, 4) is 11.5 Å². The van der Waals surface area contributed by atoms with Crippen LogP contribution in [0.4, 0.5) is 5.69 Å². The fourth-order valence-corrected chi connectivity index (χ4v) is 2.61. The molecule has 0 aliphatic carbocycles.